The lowest BCUT2D eigenvalue weighted by molar-refractivity contribution is -0.0918. The molecule has 1 aliphatic rings. The van der Waals surface area contributed by atoms with Gasteiger partial charge in [-0.05, 0) is 25.3 Å². The predicted molar refractivity (Wildman–Crippen MR) is 96.2 cm³/mol. The molecule has 4 rings (SSSR count). The molecule has 3 aromatic heterocycles. The summed E-state index contributed by atoms with van der Waals surface area (Å²) in [5, 5.41) is 12.3. The van der Waals surface area contributed by atoms with E-state index in [9.17, 15) is 18.0 Å². The fourth-order valence-electron chi connectivity index (χ4n) is 3.22. The summed E-state index contributed by atoms with van der Waals surface area (Å²) in [5.74, 6) is -0.784. The molecular weight excluding hydrogens is 393 g/mol. The Bertz CT molecular complexity index is 1060. The van der Waals surface area contributed by atoms with Gasteiger partial charge in [0.25, 0.3) is 0 Å². The summed E-state index contributed by atoms with van der Waals surface area (Å²) >= 11 is 1.09. The summed E-state index contributed by atoms with van der Waals surface area (Å²) in [7, 11) is 0. The number of carbonyl (C=O) groups excluding carboxylic acids is 1. The summed E-state index contributed by atoms with van der Waals surface area (Å²) in [6.45, 7) is 4.11. The normalized spacial score (nSPS) is 16.8. The standard InChI is InChI=1S/C17H15F3N6OS/c1-3-25-7-10(9(2)24-25)13-12(14(27)11-5-4-6-28-11)15(17(18,19)20)23-16-21-8-22-26(13)16/h4-8,13H,3H2,1-2H3,(H,21,22,23)/t13-/m1/s1. The molecule has 0 radical (unpaired) electrons. The van der Waals surface area contributed by atoms with Gasteiger partial charge >= 0.3 is 6.18 Å². The number of Topliss-reactive ketones (excluding diaryl/α,β-unsaturated/α-hetero) is 1. The van der Waals surface area contributed by atoms with Crippen molar-refractivity contribution in [2.75, 3.05) is 5.32 Å². The van der Waals surface area contributed by atoms with Crippen LogP contribution in [0.3, 0.4) is 0 Å². The Morgan fingerprint density at radius 3 is 2.79 bits per heavy atom. The summed E-state index contributed by atoms with van der Waals surface area (Å²) in [4.78, 5) is 17.2. The van der Waals surface area contributed by atoms with Gasteiger partial charge in [-0.3, -0.25) is 9.48 Å². The largest absolute Gasteiger partial charge is 0.431 e. The minimum Gasteiger partial charge on any atom is -0.320 e. The Morgan fingerprint density at radius 2 is 2.18 bits per heavy atom. The molecule has 11 heteroatoms. The lowest BCUT2D eigenvalue weighted by Crippen LogP contribution is -2.35. The molecule has 7 nitrogen and oxygen atoms in total. The van der Waals surface area contributed by atoms with Crippen LogP contribution in [0.5, 0.6) is 0 Å². The van der Waals surface area contributed by atoms with E-state index >= 15 is 0 Å². The van der Waals surface area contributed by atoms with E-state index in [1.807, 2.05) is 6.92 Å². The summed E-state index contributed by atoms with van der Waals surface area (Å²) < 4.78 is 44.6. The van der Waals surface area contributed by atoms with Crippen LogP contribution >= 0.6 is 11.3 Å². The first-order valence-corrected chi connectivity index (χ1v) is 9.29. The number of fused-ring (bicyclic) bond motifs is 1. The number of alkyl halides is 3. The van der Waals surface area contributed by atoms with Crippen molar-refractivity contribution in [3.05, 3.63) is 57.4 Å². The lowest BCUT2D eigenvalue weighted by atomic mass is 9.92. The van der Waals surface area contributed by atoms with Crippen molar-refractivity contribution in [1.82, 2.24) is 24.5 Å². The number of aryl methyl sites for hydroxylation is 2. The molecule has 0 spiro atoms. The van der Waals surface area contributed by atoms with Gasteiger partial charge in [0.15, 0.2) is 0 Å². The molecule has 0 bridgehead atoms. The van der Waals surface area contributed by atoms with Gasteiger partial charge in [-0.2, -0.15) is 28.4 Å². The molecule has 28 heavy (non-hydrogen) atoms. The monoisotopic (exact) mass is 408 g/mol. The minimum atomic E-state index is -4.77. The van der Waals surface area contributed by atoms with Gasteiger partial charge in [-0.15, -0.1) is 11.3 Å². The maximum Gasteiger partial charge on any atom is 0.431 e. The smallest absolute Gasteiger partial charge is 0.320 e. The minimum absolute atomic E-state index is 0.0799. The highest BCUT2D eigenvalue weighted by Gasteiger charge is 2.46. The van der Waals surface area contributed by atoms with E-state index in [1.165, 1.54) is 10.7 Å². The fraction of sp³-hybridized carbons (Fsp3) is 0.294. The number of hydrogen-bond acceptors (Lipinski definition) is 6. The topological polar surface area (TPSA) is 77.6 Å². The molecule has 0 saturated heterocycles. The van der Waals surface area contributed by atoms with Crippen LogP contribution < -0.4 is 5.32 Å². The second-order valence-corrected chi connectivity index (χ2v) is 7.12. The summed E-state index contributed by atoms with van der Waals surface area (Å²) in [6, 6.07) is 2.04. The Balaban J connectivity index is 1.99. The SMILES string of the molecule is CCn1cc([C@@H]2C(C(=O)c3cccs3)=C(C(F)(F)F)Nc3ncnn32)c(C)n1. The molecule has 0 aliphatic carbocycles. The number of nitrogens with zero attached hydrogens (tertiary/aromatic N) is 5. The Kier molecular flexibility index (Phi) is 4.33. The predicted octanol–water partition coefficient (Wildman–Crippen LogP) is 3.58. The van der Waals surface area contributed by atoms with E-state index in [2.05, 4.69) is 20.5 Å². The van der Waals surface area contributed by atoms with Crippen LogP contribution in [0.25, 0.3) is 0 Å². The number of hydrogen-bond donors (Lipinski definition) is 1. The van der Waals surface area contributed by atoms with E-state index in [0.29, 0.717) is 17.8 Å². The molecule has 0 unspecified atom stereocenters. The van der Waals surface area contributed by atoms with Crippen molar-refractivity contribution in [2.45, 2.75) is 32.6 Å². The Labute approximate surface area is 161 Å². The van der Waals surface area contributed by atoms with E-state index in [4.69, 9.17) is 0 Å². The van der Waals surface area contributed by atoms with Crippen LogP contribution in [0.15, 0.2) is 41.3 Å². The average Bonchev–Trinajstić information content (AvgIpc) is 3.39. The van der Waals surface area contributed by atoms with Crippen LogP contribution in [-0.4, -0.2) is 36.5 Å². The number of rotatable bonds is 4. The zero-order chi connectivity index (χ0) is 20.1. The number of ketones is 1. The number of thiophene rings is 1. The third-order valence-electron chi connectivity index (χ3n) is 4.47. The van der Waals surface area contributed by atoms with E-state index in [-0.39, 0.29) is 10.8 Å². The first-order chi connectivity index (χ1) is 13.3. The number of anilines is 1. The number of aromatic nitrogens is 5. The highest BCUT2D eigenvalue weighted by Crippen LogP contribution is 2.42. The quantitative estimate of drug-likeness (QED) is 0.668. The molecule has 0 saturated carbocycles. The van der Waals surface area contributed by atoms with Crippen LogP contribution in [0.1, 0.15) is 33.9 Å². The molecule has 146 valence electrons. The molecule has 0 fully saturated rings. The van der Waals surface area contributed by atoms with E-state index < -0.39 is 29.3 Å². The van der Waals surface area contributed by atoms with Crippen LogP contribution in [-0.2, 0) is 6.54 Å². The van der Waals surface area contributed by atoms with Gasteiger partial charge < -0.3 is 5.32 Å². The van der Waals surface area contributed by atoms with Gasteiger partial charge in [0.2, 0.25) is 11.7 Å². The van der Waals surface area contributed by atoms with Gasteiger partial charge in [0.05, 0.1) is 16.1 Å². The fourth-order valence-corrected chi connectivity index (χ4v) is 3.90. The molecule has 1 aliphatic heterocycles. The van der Waals surface area contributed by atoms with E-state index in [1.54, 1.807) is 29.2 Å². The van der Waals surface area contributed by atoms with Crippen molar-refractivity contribution >= 4 is 23.1 Å². The zero-order valence-electron chi connectivity index (χ0n) is 14.9. The van der Waals surface area contributed by atoms with Gasteiger partial charge in [-0.25, -0.2) is 4.68 Å². The molecular formula is C17H15F3N6OS. The number of allylic oxidation sites excluding steroid dienone is 2. The van der Waals surface area contributed by atoms with Crippen LogP contribution in [0.2, 0.25) is 0 Å². The first kappa shape index (κ1) is 18.4. The lowest BCUT2D eigenvalue weighted by Gasteiger charge is -2.30. The third-order valence-corrected chi connectivity index (χ3v) is 5.34. The highest BCUT2D eigenvalue weighted by molar-refractivity contribution is 7.12. The molecule has 4 heterocycles. The van der Waals surface area contributed by atoms with Gasteiger partial charge in [0, 0.05) is 18.3 Å². The molecule has 1 atom stereocenters. The van der Waals surface area contributed by atoms with Crippen LogP contribution in [0.4, 0.5) is 19.1 Å². The van der Waals surface area contributed by atoms with E-state index in [0.717, 1.165) is 17.7 Å². The third kappa shape index (κ3) is 2.91. The van der Waals surface area contributed by atoms with Gasteiger partial charge in [-0.1, -0.05) is 6.07 Å². The highest BCUT2D eigenvalue weighted by atomic mass is 32.1. The second kappa shape index (κ2) is 6.59. The van der Waals surface area contributed by atoms with Crippen molar-refractivity contribution in [3.8, 4) is 0 Å². The number of nitrogens with one attached hydrogen (secondary N) is 1. The zero-order valence-corrected chi connectivity index (χ0v) is 15.7. The molecule has 0 amide bonds. The maximum atomic E-state index is 13.9. The number of halogens is 3. The Hall–Kier alpha value is -2.95. The number of carbonyl (C=O) groups is 1. The van der Waals surface area contributed by atoms with Crippen molar-refractivity contribution < 1.29 is 18.0 Å². The molecule has 3 aromatic rings. The maximum absolute atomic E-state index is 13.9. The van der Waals surface area contributed by atoms with Crippen LogP contribution in [0, 0.1) is 6.92 Å². The second-order valence-electron chi connectivity index (χ2n) is 6.17. The molecule has 1 N–H and O–H groups in total. The van der Waals surface area contributed by atoms with Gasteiger partial charge in [0.1, 0.15) is 18.1 Å². The first-order valence-electron chi connectivity index (χ1n) is 8.41. The van der Waals surface area contributed by atoms with Crippen molar-refractivity contribution in [2.24, 2.45) is 0 Å². The summed E-state index contributed by atoms with van der Waals surface area (Å²) in [6.07, 6.45) is -1.97. The Morgan fingerprint density at radius 1 is 1.39 bits per heavy atom. The van der Waals surface area contributed by atoms with Crippen molar-refractivity contribution in [3.63, 3.8) is 0 Å². The summed E-state index contributed by atoms with van der Waals surface area (Å²) in [5.41, 5.74) is -0.559. The van der Waals surface area contributed by atoms with Crippen molar-refractivity contribution in [1.29, 1.82) is 0 Å². The molecule has 0 aromatic carbocycles. The average molecular weight is 408 g/mol.